The molecule has 2 aromatic rings. The van der Waals surface area contributed by atoms with E-state index < -0.39 is 0 Å². The number of hydrogen-bond donors (Lipinski definition) is 2. The van der Waals surface area contributed by atoms with Crippen LogP contribution in [-0.4, -0.2) is 16.0 Å². The molecule has 0 aliphatic carbocycles. The average molecular weight is 297 g/mol. The minimum Gasteiger partial charge on any atom is -0.507 e. The quantitative estimate of drug-likeness (QED) is 0.913. The number of aromatic hydroxyl groups is 1. The summed E-state index contributed by atoms with van der Waals surface area (Å²) >= 11 is 7.30. The van der Waals surface area contributed by atoms with Gasteiger partial charge in [-0.2, -0.15) is 0 Å². The van der Waals surface area contributed by atoms with Crippen LogP contribution in [0.15, 0.2) is 23.6 Å². The Bertz CT molecular complexity index is 612. The second-order valence-corrected chi connectivity index (χ2v) is 5.51. The number of nitrogens with one attached hydrogen (secondary N) is 1. The topological polar surface area (TPSA) is 62.2 Å². The first-order valence-corrected chi connectivity index (χ1v) is 6.94. The molecule has 0 saturated heterocycles. The first-order valence-electron chi connectivity index (χ1n) is 5.69. The standard InChI is InChI=1S/C13H13ClN2O2S/c1-7-6-19-13(15-7)8(2)16-12(18)10-5-9(14)3-4-11(10)17/h3-6,8,17H,1-2H3,(H,16,18). The van der Waals surface area contributed by atoms with Crippen molar-refractivity contribution in [1.29, 1.82) is 0 Å². The molecular weight excluding hydrogens is 284 g/mol. The van der Waals surface area contributed by atoms with Gasteiger partial charge in [-0.25, -0.2) is 4.98 Å². The van der Waals surface area contributed by atoms with E-state index in [9.17, 15) is 9.90 Å². The van der Waals surface area contributed by atoms with Crippen molar-refractivity contribution < 1.29 is 9.90 Å². The summed E-state index contributed by atoms with van der Waals surface area (Å²) in [5.74, 6) is -0.468. The van der Waals surface area contributed by atoms with Crippen molar-refractivity contribution in [3.8, 4) is 5.75 Å². The van der Waals surface area contributed by atoms with Gasteiger partial charge in [0.15, 0.2) is 0 Å². The zero-order chi connectivity index (χ0) is 14.0. The zero-order valence-corrected chi connectivity index (χ0v) is 12.0. The van der Waals surface area contributed by atoms with Gasteiger partial charge in [0.2, 0.25) is 0 Å². The molecule has 6 heteroatoms. The summed E-state index contributed by atoms with van der Waals surface area (Å²) in [7, 11) is 0. The first-order chi connectivity index (χ1) is 8.97. The van der Waals surface area contributed by atoms with Crippen LogP contribution in [0.2, 0.25) is 5.02 Å². The van der Waals surface area contributed by atoms with Gasteiger partial charge >= 0.3 is 0 Å². The number of rotatable bonds is 3. The Balaban J connectivity index is 2.15. The molecule has 2 N–H and O–H groups in total. The maximum atomic E-state index is 12.1. The van der Waals surface area contributed by atoms with Gasteiger partial charge in [-0.15, -0.1) is 11.3 Å². The molecule has 100 valence electrons. The third-order valence-electron chi connectivity index (χ3n) is 2.56. The van der Waals surface area contributed by atoms with Crippen molar-refractivity contribution in [1.82, 2.24) is 10.3 Å². The van der Waals surface area contributed by atoms with Crippen LogP contribution in [-0.2, 0) is 0 Å². The lowest BCUT2D eigenvalue weighted by molar-refractivity contribution is 0.0937. The van der Waals surface area contributed by atoms with Crippen molar-refractivity contribution in [3.05, 3.63) is 44.9 Å². The molecule has 0 fully saturated rings. The molecule has 1 amide bonds. The number of hydrogen-bond acceptors (Lipinski definition) is 4. The van der Waals surface area contributed by atoms with Gasteiger partial charge in [0.05, 0.1) is 11.6 Å². The minimum atomic E-state index is -0.375. The van der Waals surface area contributed by atoms with Crippen molar-refractivity contribution in [2.45, 2.75) is 19.9 Å². The lowest BCUT2D eigenvalue weighted by Gasteiger charge is -2.12. The first kappa shape index (κ1) is 13.8. The Morgan fingerprint density at radius 3 is 2.89 bits per heavy atom. The number of thiazole rings is 1. The third-order valence-corrected chi connectivity index (χ3v) is 3.94. The molecule has 1 atom stereocenters. The van der Waals surface area contributed by atoms with Gasteiger partial charge in [-0.3, -0.25) is 4.79 Å². The van der Waals surface area contributed by atoms with Gasteiger partial charge in [0.1, 0.15) is 10.8 Å². The number of benzene rings is 1. The maximum absolute atomic E-state index is 12.1. The second kappa shape index (κ2) is 5.59. The molecular formula is C13H13ClN2O2S. The Labute approximate surface area is 120 Å². The Kier molecular flexibility index (Phi) is 4.07. The number of amides is 1. The number of aromatic nitrogens is 1. The van der Waals surface area contributed by atoms with Crippen LogP contribution in [0.4, 0.5) is 0 Å². The van der Waals surface area contributed by atoms with E-state index in [-0.39, 0.29) is 23.3 Å². The number of halogens is 1. The van der Waals surface area contributed by atoms with E-state index in [0.29, 0.717) is 5.02 Å². The van der Waals surface area contributed by atoms with Crippen LogP contribution in [0.25, 0.3) is 0 Å². The summed E-state index contributed by atoms with van der Waals surface area (Å²) in [4.78, 5) is 16.4. The van der Waals surface area contributed by atoms with E-state index in [2.05, 4.69) is 10.3 Å². The number of carbonyl (C=O) groups is 1. The average Bonchev–Trinajstić information content (AvgIpc) is 2.79. The molecule has 0 bridgehead atoms. The van der Waals surface area contributed by atoms with Gasteiger partial charge in [0.25, 0.3) is 5.91 Å². The van der Waals surface area contributed by atoms with Crippen LogP contribution >= 0.6 is 22.9 Å². The summed E-state index contributed by atoms with van der Waals surface area (Å²) in [6.45, 7) is 3.75. The van der Waals surface area contributed by atoms with Gasteiger partial charge < -0.3 is 10.4 Å². The van der Waals surface area contributed by atoms with Crippen molar-refractivity contribution in [3.63, 3.8) is 0 Å². The lowest BCUT2D eigenvalue weighted by Crippen LogP contribution is -2.26. The normalized spacial score (nSPS) is 12.2. The summed E-state index contributed by atoms with van der Waals surface area (Å²) in [6, 6.07) is 4.15. The highest BCUT2D eigenvalue weighted by Crippen LogP contribution is 2.23. The number of phenolic OH excluding ortho intramolecular Hbond substituents is 1. The van der Waals surface area contributed by atoms with Crippen LogP contribution in [0, 0.1) is 6.92 Å². The summed E-state index contributed by atoms with van der Waals surface area (Å²) < 4.78 is 0. The molecule has 0 spiro atoms. The fourth-order valence-corrected chi connectivity index (χ4v) is 2.57. The molecule has 1 heterocycles. The van der Waals surface area contributed by atoms with E-state index in [4.69, 9.17) is 11.6 Å². The Hall–Kier alpha value is -1.59. The summed E-state index contributed by atoms with van der Waals surface area (Å²) in [5, 5.41) is 15.6. The van der Waals surface area contributed by atoms with Crippen LogP contribution in [0.1, 0.15) is 34.0 Å². The van der Waals surface area contributed by atoms with E-state index in [1.54, 1.807) is 0 Å². The van der Waals surface area contributed by atoms with Crippen molar-refractivity contribution in [2.75, 3.05) is 0 Å². The van der Waals surface area contributed by atoms with Crippen LogP contribution in [0.5, 0.6) is 5.75 Å². The molecule has 1 aromatic heterocycles. The highest BCUT2D eigenvalue weighted by atomic mass is 35.5. The molecule has 0 radical (unpaired) electrons. The molecule has 0 saturated carbocycles. The predicted molar refractivity (Wildman–Crippen MR) is 75.8 cm³/mol. The summed E-state index contributed by atoms with van der Waals surface area (Å²) in [6.07, 6.45) is 0. The number of nitrogens with zero attached hydrogens (tertiary/aromatic N) is 1. The molecule has 4 nitrogen and oxygen atoms in total. The van der Waals surface area contributed by atoms with E-state index in [1.807, 2.05) is 19.2 Å². The van der Waals surface area contributed by atoms with Gasteiger partial charge in [0, 0.05) is 16.1 Å². The smallest absolute Gasteiger partial charge is 0.255 e. The monoisotopic (exact) mass is 296 g/mol. The van der Waals surface area contributed by atoms with E-state index in [0.717, 1.165) is 10.7 Å². The summed E-state index contributed by atoms with van der Waals surface area (Å²) in [5.41, 5.74) is 1.08. The Morgan fingerprint density at radius 1 is 1.53 bits per heavy atom. The van der Waals surface area contributed by atoms with Gasteiger partial charge in [-0.05, 0) is 32.0 Å². The molecule has 0 aliphatic rings. The second-order valence-electron chi connectivity index (χ2n) is 4.18. The highest BCUT2D eigenvalue weighted by molar-refractivity contribution is 7.09. The molecule has 1 aromatic carbocycles. The fraction of sp³-hybridized carbons (Fsp3) is 0.231. The third kappa shape index (κ3) is 3.24. The van der Waals surface area contributed by atoms with E-state index in [1.165, 1.54) is 29.5 Å². The SMILES string of the molecule is Cc1csc(C(C)NC(=O)c2cc(Cl)ccc2O)n1. The van der Waals surface area contributed by atoms with Crippen LogP contribution in [0.3, 0.4) is 0 Å². The minimum absolute atomic E-state index is 0.0931. The fourth-order valence-electron chi connectivity index (χ4n) is 1.60. The zero-order valence-electron chi connectivity index (χ0n) is 10.5. The molecule has 19 heavy (non-hydrogen) atoms. The Morgan fingerprint density at radius 2 is 2.26 bits per heavy atom. The molecule has 0 aliphatic heterocycles. The molecule has 2 rings (SSSR count). The number of phenols is 1. The molecule has 1 unspecified atom stereocenters. The number of carbonyl (C=O) groups excluding carboxylic acids is 1. The van der Waals surface area contributed by atoms with Crippen molar-refractivity contribution in [2.24, 2.45) is 0 Å². The highest BCUT2D eigenvalue weighted by Gasteiger charge is 2.16. The number of aryl methyl sites for hydroxylation is 1. The lowest BCUT2D eigenvalue weighted by atomic mass is 10.2. The van der Waals surface area contributed by atoms with Crippen LogP contribution < -0.4 is 5.32 Å². The van der Waals surface area contributed by atoms with Crippen molar-refractivity contribution >= 4 is 28.8 Å². The predicted octanol–water partition coefficient (Wildman–Crippen LogP) is 3.30. The van der Waals surface area contributed by atoms with E-state index >= 15 is 0 Å². The largest absolute Gasteiger partial charge is 0.507 e. The van der Waals surface area contributed by atoms with Gasteiger partial charge in [-0.1, -0.05) is 11.6 Å². The maximum Gasteiger partial charge on any atom is 0.255 e.